The van der Waals surface area contributed by atoms with E-state index >= 15 is 0 Å². The van der Waals surface area contributed by atoms with Crippen molar-refractivity contribution in [1.82, 2.24) is 25.2 Å². The van der Waals surface area contributed by atoms with Gasteiger partial charge >= 0.3 is 0 Å². The highest BCUT2D eigenvalue weighted by Gasteiger charge is 2.16. The van der Waals surface area contributed by atoms with E-state index in [-0.39, 0.29) is 5.91 Å². The molecular weight excluding hydrogens is 368 g/mol. The molecule has 0 fully saturated rings. The molecule has 0 aliphatic rings. The first-order valence-corrected chi connectivity index (χ1v) is 7.94. The van der Waals surface area contributed by atoms with Crippen LogP contribution >= 0.6 is 27.3 Å². The summed E-state index contributed by atoms with van der Waals surface area (Å²) in [7, 11) is 0. The summed E-state index contributed by atoms with van der Waals surface area (Å²) in [5.41, 5.74) is 1.96. The normalized spacial score (nSPS) is 10.7. The van der Waals surface area contributed by atoms with Crippen molar-refractivity contribution >= 4 is 38.3 Å². The number of amides is 1. The summed E-state index contributed by atoms with van der Waals surface area (Å²) < 4.78 is 2.24. The van der Waals surface area contributed by atoms with Crippen LogP contribution < -0.4 is 5.32 Å². The van der Waals surface area contributed by atoms with Gasteiger partial charge in [-0.05, 0) is 42.5 Å². The van der Waals surface area contributed by atoms with E-state index < -0.39 is 0 Å². The summed E-state index contributed by atoms with van der Waals surface area (Å²) in [5, 5.41) is 14.4. The fraction of sp³-hybridized carbons (Fsp3) is 0.154. The van der Waals surface area contributed by atoms with Gasteiger partial charge in [0.1, 0.15) is 6.33 Å². The molecule has 1 amide bonds. The van der Waals surface area contributed by atoms with Crippen molar-refractivity contribution in [2.24, 2.45) is 0 Å². The molecule has 1 aromatic carbocycles. The van der Waals surface area contributed by atoms with Crippen molar-refractivity contribution in [3.8, 4) is 5.69 Å². The first-order valence-electron chi connectivity index (χ1n) is 6.33. The zero-order valence-corrected chi connectivity index (χ0v) is 14.1. The molecule has 9 heteroatoms. The van der Waals surface area contributed by atoms with Crippen molar-refractivity contribution in [1.29, 1.82) is 0 Å². The quantitative estimate of drug-likeness (QED) is 0.756. The molecule has 0 aliphatic heterocycles. The number of carbonyl (C=O) groups excluding carboxylic acids is 1. The largest absolute Gasteiger partial charge is 0.298 e. The van der Waals surface area contributed by atoms with E-state index in [4.69, 9.17) is 0 Å². The maximum atomic E-state index is 12.6. The lowest BCUT2D eigenvalue weighted by Crippen LogP contribution is -2.15. The SMILES string of the molecule is Cc1nc(NC(=O)c2cc(Br)ccc2-n2cnnn2)sc1C. The molecule has 0 saturated heterocycles. The Bertz CT molecular complexity index is 810. The summed E-state index contributed by atoms with van der Waals surface area (Å²) >= 11 is 4.82. The van der Waals surface area contributed by atoms with Gasteiger partial charge in [-0.15, -0.1) is 16.4 Å². The van der Waals surface area contributed by atoms with Gasteiger partial charge in [0.05, 0.1) is 16.9 Å². The molecule has 0 spiro atoms. The number of aryl methyl sites for hydroxylation is 2. The molecule has 3 aromatic rings. The lowest BCUT2D eigenvalue weighted by Gasteiger charge is -2.08. The number of hydrogen-bond acceptors (Lipinski definition) is 6. The summed E-state index contributed by atoms with van der Waals surface area (Å²) in [5.74, 6) is -0.263. The third-order valence-corrected chi connectivity index (χ3v) is 4.53. The molecule has 22 heavy (non-hydrogen) atoms. The number of halogens is 1. The first-order chi connectivity index (χ1) is 10.5. The van der Waals surface area contributed by atoms with Crippen LogP contribution in [0.25, 0.3) is 5.69 Å². The Kier molecular flexibility index (Phi) is 3.99. The predicted octanol–water partition coefficient (Wildman–Crippen LogP) is 2.75. The minimum absolute atomic E-state index is 0.263. The van der Waals surface area contributed by atoms with Crippen LogP contribution in [-0.4, -0.2) is 31.1 Å². The molecule has 2 aromatic heterocycles. The molecule has 3 rings (SSSR count). The van der Waals surface area contributed by atoms with Crippen LogP contribution in [0.5, 0.6) is 0 Å². The van der Waals surface area contributed by atoms with E-state index in [1.165, 1.54) is 22.3 Å². The molecule has 0 atom stereocenters. The molecule has 0 saturated carbocycles. The third-order valence-electron chi connectivity index (χ3n) is 3.05. The van der Waals surface area contributed by atoms with Gasteiger partial charge in [0.2, 0.25) is 0 Å². The van der Waals surface area contributed by atoms with E-state index in [0.29, 0.717) is 16.4 Å². The van der Waals surface area contributed by atoms with Gasteiger partial charge in [-0.3, -0.25) is 10.1 Å². The average molecular weight is 379 g/mol. The third kappa shape index (κ3) is 2.90. The van der Waals surface area contributed by atoms with Crippen molar-refractivity contribution in [2.75, 3.05) is 5.32 Å². The standard InChI is InChI=1S/C13H11BrN6OS/c1-7-8(2)22-13(16-7)17-12(21)10-5-9(14)3-4-11(10)20-6-15-18-19-20/h3-6H,1-2H3,(H,16,17,21). The number of thiazole rings is 1. The molecule has 112 valence electrons. The van der Waals surface area contributed by atoms with Gasteiger partial charge in [-0.25, -0.2) is 4.98 Å². The number of aromatic nitrogens is 5. The number of tetrazole rings is 1. The molecule has 0 radical (unpaired) electrons. The summed E-state index contributed by atoms with van der Waals surface area (Å²) in [4.78, 5) is 17.9. The molecule has 1 N–H and O–H groups in total. The predicted molar refractivity (Wildman–Crippen MR) is 86.4 cm³/mol. The fourth-order valence-corrected chi connectivity index (χ4v) is 3.02. The van der Waals surface area contributed by atoms with Gasteiger partial charge in [-0.2, -0.15) is 4.68 Å². The van der Waals surface area contributed by atoms with Gasteiger partial charge in [0, 0.05) is 9.35 Å². The second kappa shape index (κ2) is 5.93. The molecule has 0 bridgehead atoms. The van der Waals surface area contributed by atoms with Gasteiger partial charge in [0.15, 0.2) is 5.13 Å². The number of nitrogens with one attached hydrogen (secondary N) is 1. The molecular formula is C13H11BrN6OS. The minimum Gasteiger partial charge on any atom is -0.298 e. The second-order valence-electron chi connectivity index (χ2n) is 4.53. The highest BCUT2D eigenvalue weighted by Crippen LogP contribution is 2.24. The van der Waals surface area contributed by atoms with Gasteiger partial charge < -0.3 is 0 Å². The summed E-state index contributed by atoms with van der Waals surface area (Å²) in [6, 6.07) is 5.32. The van der Waals surface area contributed by atoms with Crippen molar-refractivity contribution < 1.29 is 4.79 Å². The topological polar surface area (TPSA) is 85.6 Å². The number of nitrogens with zero attached hydrogens (tertiary/aromatic N) is 5. The number of rotatable bonds is 3. The maximum Gasteiger partial charge on any atom is 0.259 e. The van der Waals surface area contributed by atoms with Crippen LogP contribution in [0.3, 0.4) is 0 Å². The molecule has 7 nitrogen and oxygen atoms in total. The maximum absolute atomic E-state index is 12.6. The number of carbonyl (C=O) groups is 1. The Hall–Kier alpha value is -2.13. The zero-order valence-electron chi connectivity index (χ0n) is 11.7. The van der Waals surface area contributed by atoms with Crippen LogP contribution in [-0.2, 0) is 0 Å². The van der Waals surface area contributed by atoms with Crippen LogP contribution in [0.2, 0.25) is 0 Å². The van der Waals surface area contributed by atoms with E-state index in [0.717, 1.165) is 15.0 Å². The molecule has 0 unspecified atom stereocenters. The van der Waals surface area contributed by atoms with E-state index in [2.05, 4.69) is 41.8 Å². The summed E-state index contributed by atoms with van der Waals surface area (Å²) in [6.45, 7) is 3.88. The van der Waals surface area contributed by atoms with Crippen molar-refractivity contribution in [3.63, 3.8) is 0 Å². The minimum atomic E-state index is -0.263. The monoisotopic (exact) mass is 378 g/mol. The number of anilines is 1. The Labute approximate surface area is 138 Å². The highest BCUT2D eigenvalue weighted by molar-refractivity contribution is 9.10. The van der Waals surface area contributed by atoms with E-state index in [1.54, 1.807) is 12.1 Å². The van der Waals surface area contributed by atoms with Crippen LogP contribution in [0.1, 0.15) is 20.9 Å². The lowest BCUT2D eigenvalue weighted by atomic mass is 10.1. The van der Waals surface area contributed by atoms with Crippen LogP contribution in [0.4, 0.5) is 5.13 Å². The van der Waals surface area contributed by atoms with Crippen molar-refractivity contribution in [2.45, 2.75) is 13.8 Å². The Morgan fingerprint density at radius 3 is 2.82 bits per heavy atom. The van der Waals surface area contributed by atoms with E-state index in [1.807, 2.05) is 19.9 Å². The Balaban J connectivity index is 1.96. The molecule has 0 aliphatic carbocycles. The van der Waals surface area contributed by atoms with E-state index in [9.17, 15) is 4.79 Å². The molecule has 2 heterocycles. The highest BCUT2D eigenvalue weighted by atomic mass is 79.9. The number of benzene rings is 1. The summed E-state index contributed by atoms with van der Waals surface area (Å²) in [6.07, 6.45) is 1.44. The number of hydrogen-bond donors (Lipinski definition) is 1. The lowest BCUT2D eigenvalue weighted by molar-refractivity contribution is 0.102. The average Bonchev–Trinajstić information content (AvgIpc) is 3.10. The Morgan fingerprint density at radius 2 is 2.18 bits per heavy atom. The van der Waals surface area contributed by atoms with Gasteiger partial charge in [-0.1, -0.05) is 15.9 Å². The fourth-order valence-electron chi connectivity index (χ4n) is 1.85. The Morgan fingerprint density at radius 1 is 1.36 bits per heavy atom. The van der Waals surface area contributed by atoms with Gasteiger partial charge in [0.25, 0.3) is 5.91 Å². The zero-order chi connectivity index (χ0) is 15.7. The van der Waals surface area contributed by atoms with Crippen molar-refractivity contribution in [3.05, 3.63) is 45.1 Å². The smallest absolute Gasteiger partial charge is 0.259 e. The second-order valence-corrected chi connectivity index (χ2v) is 6.65. The first kappa shape index (κ1) is 14.8. The van der Waals surface area contributed by atoms with Crippen LogP contribution in [0.15, 0.2) is 29.0 Å². The van der Waals surface area contributed by atoms with Crippen LogP contribution in [0, 0.1) is 13.8 Å².